The minimum absolute atomic E-state index is 0.000317. The highest BCUT2D eigenvalue weighted by Gasteiger charge is 2.17. The second kappa shape index (κ2) is 9.23. The molecular formula is C15H28N2O3S. The maximum Gasteiger partial charge on any atom is 0.273 e. The standard InChI is InChI=1S/C15H28N2O3S/c1-4-10-16-12-14-8-9-15(20-14)21(18,19)17-11-6-5-7-13(2)3/h8-9,13,16-17H,4-7,10-12H2,1-3H3. The molecule has 0 amide bonds. The predicted molar refractivity (Wildman–Crippen MR) is 84.6 cm³/mol. The van der Waals surface area contributed by atoms with Crippen LogP contribution in [0, 0.1) is 5.92 Å². The SMILES string of the molecule is CCCNCc1ccc(S(=O)(=O)NCCCCC(C)C)o1. The topological polar surface area (TPSA) is 71.3 Å². The molecule has 0 spiro atoms. The minimum Gasteiger partial charge on any atom is -0.447 e. The fourth-order valence-electron chi connectivity index (χ4n) is 1.94. The zero-order valence-electron chi connectivity index (χ0n) is 13.3. The van der Waals surface area contributed by atoms with E-state index in [4.69, 9.17) is 4.42 Å². The minimum atomic E-state index is -3.52. The molecule has 0 radical (unpaired) electrons. The molecule has 5 nitrogen and oxygen atoms in total. The Kier molecular flexibility index (Phi) is 8.00. The summed E-state index contributed by atoms with van der Waals surface area (Å²) in [6, 6.07) is 3.22. The molecule has 1 heterocycles. The van der Waals surface area contributed by atoms with Gasteiger partial charge in [-0.2, -0.15) is 0 Å². The number of furan rings is 1. The van der Waals surface area contributed by atoms with Crippen LogP contribution < -0.4 is 10.0 Å². The summed E-state index contributed by atoms with van der Waals surface area (Å²) in [7, 11) is -3.52. The van der Waals surface area contributed by atoms with Gasteiger partial charge in [-0.05, 0) is 37.4 Å². The van der Waals surface area contributed by atoms with Gasteiger partial charge in [0.1, 0.15) is 5.76 Å². The summed E-state index contributed by atoms with van der Waals surface area (Å²) >= 11 is 0. The first-order valence-electron chi connectivity index (χ1n) is 7.74. The third-order valence-corrected chi connectivity index (χ3v) is 4.46. The molecule has 0 unspecified atom stereocenters. The molecule has 0 aliphatic rings. The van der Waals surface area contributed by atoms with Gasteiger partial charge >= 0.3 is 0 Å². The highest BCUT2D eigenvalue weighted by molar-refractivity contribution is 7.89. The van der Waals surface area contributed by atoms with E-state index in [2.05, 4.69) is 30.8 Å². The summed E-state index contributed by atoms with van der Waals surface area (Å²) in [5.74, 6) is 1.30. The maximum absolute atomic E-state index is 12.0. The van der Waals surface area contributed by atoms with E-state index in [-0.39, 0.29) is 5.09 Å². The van der Waals surface area contributed by atoms with E-state index in [0.717, 1.165) is 32.2 Å². The van der Waals surface area contributed by atoms with Gasteiger partial charge in [0.05, 0.1) is 6.54 Å². The van der Waals surface area contributed by atoms with Gasteiger partial charge in [-0.1, -0.05) is 33.6 Å². The fourth-order valence-corrected chi connectivity index (χ4v) is 2.96. The molecule has 1 aromatic heterocycles. The van der Waals surface area contributed by atoms with Crippen LogP contribution in [0.4, 0.5) is 0 Å². The van der Waals surface area contributed by atoms with Crippen molar-refractivity contribution in [3.05, 3.63) is 17.9 Å². The summed E-state index contributed by atoms with van der Waals surface area (Å²) < 4.78 is 32.1. The van der Waals surface area contributed by atoms with E-state index in [1.807, 2.05) is 0 Å². The average Bonchev–Trinajstić information content (AvgIpc) is 2.88. The van der Waals surface area contributed by atoms with Gasteiger partial charge in [0.25, 0.3) is 10.0 Å². The van der Waals surface area contributed by atoms with Crippen LogP contribution in [0.25, 0.3) is 0 Å². The first-order chi connectivity index (χ1) is 9.95. The number of hydrogen-bond acceptors (Lipinski definition) is 4. The summed E-state index contributed by atoms with van der Waals surface area (Å²) in [5, 5.41) is 3.18. The van der Waals surface area contributed by atoms with E-state index in [1.54, 1.807) is 6.07 Å². The van der Waals surface area contributed by atoms with Gasteiger partial charge in [0.15, 0.2) is 0 Å². The zero-order valence-corrected chi connectivity index (χ0v) is 14.1. The molecule has 0 saturated carbocycles. The van der Waals surface area contributed by atoms with Crippen LogP contribution >= 0.6 is 0 Å². The normalized spacial score (nSPS) is 12.2. The van der Waals surface area contributed by atoms with Gasteiger partial charge in [0, 0.05) is 6.54 Å². The molecule has 1 aromatic rings. The Hall–Kier alpha value is -0.850. The molecule has 0 saturated heterocycles. The second-order valence-corrected chi connectivity index (χ2v) is 7.38. The van der Waals surface area contributed by atoms with Crippen molar-refractivity contribution >= 4 is 10.0 Å². The average molecular weight is 316 g/mol. The number of hydrogen-bond donors (Lipinski definition) is 2. The molecule has 6 heteroatoms. The molecule has 0 bridgehead atoms. The lowest BCUT2D eigenvalue weighted by atomic mass is 10.1. The van der Waals surface area contributed by atoms with Crippen LogP contribution in [-0.4, -0.2) is 21.5 Å². The van der Waals surface area contributed by atoms with Crippen LogP contribution in [0.1, 0.15) is 52.2 Å². The Morgan fingerprint density at radius 2 is 1.95 bits per heavy atom. The summed E-state index contributed by atoms with van der Waals surface area (Å²) in [4.78, 5) is 0. The Labute approximate surface area is 128 Å². The van der Waals surface area contributed by atoms with E-state index >= 15 is 0 Å². The lowest BCUT2D eigenvalue weighted by molar-refractivity contribution is 0.399. The third-order valence-electron chi connectivity index (χ3n) is 3.13. The highest BCUT2D eigenvalue weighted by Crippen LogP contribution is 2.14. The van der Waals surface area contributed by atoms with Crippen molar-refractivity contribution in [1.82, 2.24) is 10.0 Å². The van der Waals surface area contributed by atoms with Crippen LogP contribution in [0.5, 0.6) is 0 Å². The molecule has 0 fully saturated rings. The van der Waals surface area contributed by atoms with Crippen molar-refractivity contribution in [1.29, 1.82) is 0 Å². The summed E-state index contributed by atoms with van der Waals surface area (Å²) in [5.41, 5.74) is 0. The molecule has 0 aromatic carbocycles. The molecule has 0 aliphatic carbocycles. The largest absolute Gasteiger partial charge is 0.447 e. The quantitative estimate of drug-likeness (QED) is 0.616. The monoisotopic (exact) mass is 316 g/mol. The third kappa shape index (κ3) is 7.11. The van der Waals surface area contributed by atoms with Gasteiger partial charge in [0.2, 0.25) is 5.09 Å². The van der Waals surface area contributed by atoms with Gasteiger partial charge in [-0.25, -0.2) is 13.1 Å². The molecular weight excluding hydrogens is 288 g/mol. The molecule has 1 rings (SSSR count). The van der Waals surface area contributed by atoms with Crippen LogP contribution in [0.15, 0.2) is 21.6 Å². The van der Waals surface area contributed by atoms with Crippen LogP contribution in [-0.2, 0) is 16.6 Å². The first kappa shape index (κ1) is 18.2. The Bertz CT molecular complexity index is 495. The lowest BCUT2D eigenvalue weighted by Gasteiger charge is -2.06. The van der Waals surface area contributed by atoms with Crippen molar-refractivity contribution in [2.24, 2.45) is 5.92 Å². The maximum atomic E-state index is 12.0. The van der Waals surface area contributed by atoms with E-state index in [0.29, 0.717) is 24.8 Å². The van der Waals surface area contributed by atoms with Crippen molar-refractivity contribution in [3.63, 3.8) is 0 Å². The van der Waals surface area contributed by atoms with E-state index in [1.165, 1.54) is 6.07 Å². The number of sulfonamides is 1. The zero-order chi connectivity index (χ0) is 15.7. The van der Waals surface area contributed by atoms with Crippen molar-refractivity contribution in [3.8, 4) is 0 Å². The predicted octanol–water partition coefficient (Wildman–Crippen LogP) is 2.88. The van der Waals surface area contributed by atoms with E-state index < -0.39 is 10.0 Å². The number of nitrogens with one attached hydrogen (secondary N) is 2. The van der Waals surface area contributed by atoms with Crippen molar-refractivity contribution in [2.75, 3.05) is 13.1 Å². The molecule has 0 atom stereocenters. The summed E-state index contributed by atoms with van der Waals surface area (Å²) in [6.07, 6.45) is 4.03. The Morgan fingerprint density at radius 1 is 1.19 bits per heavy atom. The van der Waals surface area contributed by atoms with Crippen LogP contribution in [0.2, 0.25) is 0 Å². The van der Waals surface area contributed by atoms with Gasteiger partial charge in [-0.3, -0.25) is 0 Å². The summed E-state index contributed by atoms with van der Waals surface area (Å²) in [6.45, 7) is 8.31. The smallest absolute Gasteiger partial charge is 0.273 e. The first-order valence-corrected chi connectivity index (χ1v) is 9.23. The van der Waals surface area contributed by atoms with Crippen LogP contribution in [0.3, 0.4) is 0 Å². The van der Waals surface area contributed by atoms with Gasteiger partial charge < -0.3 is 9.73 Å². The molecule has 0 aliphatic heterocycles. The second-order valence-electron chi connectivity index (χ2n) is 5.68. The van der Waals surface area contributed by atoms with Crippen molar-refractivity contribution in [2.45, 2.75) is 58.1 Å². The molecule has 2 N–H and O–H groups in total. The fraction of sp³-hybridized carbons (Fsp3) is 0.733. The molecule has 122 valence electrons. The number of rotatable bonds is 11. The number of unbranched alkanes of at least 4 members (excludes halogenated alkanes) is 1. The Morgan fingerprint density at radius 3 is 2.62 bits per heavy atom. The Balaban J connectivity index is 2.39. The van der Waals surface area contributed by atoms with Crippen molar-refractivity contribution < 1.29 is 12.8 Å². The molecule has 21 heavy (non-hydrogen) atoms. The lowest BCUT2D eigenvalue weighted by Crippen LogP contribution is -2.24. The highest BCUT2D eigenvalue weighted by atomic mass is 32.2. The van der Waals surface area contributed by atoms with Gasteiger partial charge in [-0.15, -0.1) is 0 Å². The van der Waals surface area contributed by atoms with E-state index in [9.17, 15) is 8.42 Å².